The highest BCUT2D eigenvalue weighted by Gasteiger charge is 2.11. The van der Waals surface area contributed by atoms with E-state index in [0.717, 1.165) is 33.5 Å². The number of nitrogens with two attached hydrogens (primary N) is 1. The highest BCUT2D eigenvalue weighted by Crippen LogP contribution is 2.32. The lowest BCUT2D eigenvalue weighted by molar-refractivity contribution is 0.861. The summed E-state index contributed by atoms with van der Waals surface area (Å²) in [6.07, 6.45) is 3.44. The average molecular weight is 266 g/mol. The molecule has 0 saturated carbocycles. The van der Waals surface area contributed by atoms with Crippen LogP contribution in [0.3, 0.4) is 0 Å². The van der Waals surface area contributed by atoms with E-state index in [2.05, 4.69) is 21.9 Å². The van der Waals surface area contributed by atoms with Crippen molar-refractivity contribution in [3.63, 3.8) is 0 Å². The predicted octanol–water partition coefficient (Wildman–Crippen LogP) is 2.93. The third-order valence-corrected chi connectivity index (χ3v) is 4.32. The molecular formula is C11H14N4S2. The van der Waals surface area contributed by atoms with Gasteiger partial charge in [0.25, 0.3) is 0 Å². The lowest BCUT2D eigenvalue weighted by Gasteiger charge is -2.07. The van der Waals surface area contributed by atoms with Gasteiger partial charge in [0.1, 0.15) is 17.2 Å². The lowest BCUT2D eigenvalue weighted by atomic mass is 10.2. The molecule has 4 nitrogen and oxygen atoms in total. The molecule has 0 aliphatic rings. The van der Waals surface area contributed by atoms with Gasteiger partial charge >= 0.3 is 0 Å². The molecule has 2 aromatic rings. The quantitative estimate of drug-likeness (QED) is 0.862. The van der Waals surface area contributed by atoms with E-state index in [4.69, 9.17) is 5.73 Å². The molecule has 90 valence electrons. The zero-order valence-corrected chi connectivity index (χ0v) is 11.4. The van der Waals surface area contributed by atoms with Crippen molar-refractivity contribution in [3.8, 4) is 0 Å². The molecular weight excluding hydrogens is 252 g/mol. The van der Waals surface area contributed by atoms with Gasteiger partial charge in [-0.3, -0.25) is 0 Å². The van der Waals surface area contributed by atoms with Gasteiger partial charge in [0.05, 0.1) is 0 Å². The molecule has 0 bridgehead atoms. The molecule has 0 atom stereocenters. The highest BCUT2D eigenvalue weighted by atomic mass is 32.2. The van der Waals surface area contributed by atoms with Gasteiger partial charge in [0.15, 0.2) is 4.34 Å². The maximum Gasteiger partial charge on any atom is 0.156 e. The van der Waals surface area contributed by atoms with Gasteiger partial charge in [0.2, 0.25) is 0 Å². The van der Waals surface area contributed by atoms with Crippen LogP contribution in [0.15, 0.2) is 21.1 Å². The van der Waals surface area contributed by atoms with Gasteiger partial charge in [-0.05, 0) is 25.1 Å². The minimum absolute atomic E-state index is 0.581. The monoisotopic (exact) mass is 266 g/mol. The maximum absolute atomic E-state index is 5.88. The molecule has 2 heterocycles. The molecule has 6 heteroatoms. The fraction of sp³-hybridized carbons (Fsp3) is 0.364. The van der Waals surface area contributed by atoms with Crippen LogP contribution in [0, 0.1) is 6.92 Å². The second kappa shape index (κ2) is 5.46. The van der Waals surface area contributed by atoms with Crippen LogP contribution in [0.1, 0.15) is 24.6 Å². The number of aryl methyl sites for hydroxylation is 1. The van der Waals surface area contributed by atoms with Gasteiger partial charge in [-0.15, -0.1) is 11.3 Å². The molecule has 0 spiro atoms. The van der Waals surface area contributed by atoms with E-state index in [-0.39, 0.29) is 0 Å². The molecule has 2 N–H and O–H groups in total. The number of hydrogen-bond acceptors (Lipinski definition) is 6. The van der Waals surface area contributed by atoms with Gasteiger partial charge in [0, 0.05) is 16.6 Å². The van der Waals surface area contributed by atoms with E-state index < -0.39 is 0 Å². The zero-order chi connectivity index (χ0) is 12.3. The number of hydrogen-bond donors (Lipinski definition) is 1. The van der Waals surface area contributed by atoms with E-state index in [1.165, 1.54) is 6.33 Å². The van der Waals surface area contributed by atoms with Crippen LogP contribution in [0.5, 0.6) is 0 Å². The van der Waals surface area contributed by atoms with Crippen molar-refractivity contribution in [1.82, 2.24) is 15.0 Å². The lowest BCUT2D eigenvalue weighted by Crippen LogP contribution is -2.01. The summed E-state index contributed by atoms with van der Waals surface area (Å²) >= 11 is 3.19. The summed E-state index contributed by atoms with van der Waals surface area (Å²) in [5.41, 5.74) is 7.96. The van der Waals surface area contributed by atoms with Crippen molar-refractivity contribution < 1.29 is 0 Å². The van der Waals surface area contributed by atoms with Gasteiger partial charge in [-0.2, -0.15) is 0 Å². The Bertz CT molecular complexity index is 510. The first kappa shape index (κ1) is 12.3. The summed E-state index contributed by atoms with van der Waals surface area (Å²) in [5.74, 6) is 0.581. The Labute approximate surface area is 109 Å². The van der Waals surface area contributed by atoms with E-state index in [1.54, 1.807) is 23.1 Å². The number of aromatic nitrogens is 3. The summed E-state index contributed by atoms with van der Waals surface area (Å²) in [6, 6.07) is 0. The molecule has 17 heavy (non-hydrogen) atoms. The van der Waals surface area contributed by atoms with Crippen LogP contribution < -0.4 is 5.73 Å². The second-order valence-electron chi connectivity index (χ2n) is 3.65. The molecule has 2 rings (SSSR count). The van der Waals surface area contributed by atoms with Gasteiger partial charge < -0.3 is 5.73 Å². The number of anilines is 1. The minimum Gasteiger partial charge on any atom is -0.383 e. The van der Waals surface area contributed by atoms with E-state index in [9.17, 15) is 0 Å². The van der Waals surface area contributed by atoms with Crippen LogP contribution >= 0.6 is 23.1 Å². The SMILES string of the molecule is CCCc1c(N)ncnc1Sc1nc(C)cs1. The molecule has 0 radical (unpaired) electrons. The van der Waals surface area contributed by atoms with Crippen molar-refractivity contribution >= 4 is 28.9 Å². The van der Waals surface area contributed by atoms with E-state index >= 15 is 0 Å². The Hall–Kier alpha value is -1.14. The Morgan fingerprint density at radius 3 is 2.88 bits per heavy atom. The molecule has 0 aliphatic heterocycles. The topological polar surface area (TPSA) is 64.7 Å². The second-order valence-corrected chi connectivity index (χ2v) is 5.74. The van der Waals surface area contributed by atoms with Crippen molar-refractivity contribution in [1.29, 1.82) is 0 Å². The summed E-state index contributed by atoms with van der Waals surface area (Å²) in [7, 11) is 0. The predicted molar refractivity (Wildman–Crippen MR) is 71.4 cm³/mol. The molecule has 0 amide bonds. The largest absolute Gasteiger partial charge is 0.383 e. The first-order valence-electron chi connectivity index (χ1n) is 5.40. The fourth-order valence-electron chi connectivity index (χ4n) is 1.44. The average Bonchev–Trinajstić information content (AvgIpc) is 2.69. The Balaban J connectivity index is 2.28. The van der Waals surface area contributed by atoms with E-state index in [1.807, 2.05) is 12.3 Å². The molecule has 0 aliphatic carbocycles. The molecule has 0 saturated heterocycles. The van der Waals surface area contributed by atoms with Crippen LogP contribution in [0.2, 0.25) is 0 Å². The number of nitrogen functional groups attached to an aromatic ring is 1. The number of rotatable bonds is 4. The molecule has 0 fully saturated rings. The number of thiazole rings is 1. The van der Waals surface area contributed by atoms with Crippen LogP contribution in [0.25, 0.3) is 0 Å². The third-order valence-electron chi connectivity index (χ3n) is 2.22. The first-order valence-corrected chi connectivity index (χ1v) is 7.09. The van der Waals surface area contributed by atoms with Crippen molar-refractivity contribution in [2.75, 3.05) is 5.73 Å². The smallest absolute Gasteiger partial charge is 0.156 e. The van der Waals surface area contributed by atoms with Crippen LogP contribution in [-0.4, -0.2) is 15.0 Å². The van der Waals surface area contributed by atoms with E-state index in [0.29, 0.717) is 5.82 Å². The standard InChI is InChI=1S/C11H14N4S2/c1-3-4-8-9(12)13-6-14-10(8)17-11-15-7(2)5-16-11/h5-6H,3-4H2,1-2H3,(H2,12,13,14). The molecule has 2 aromatic heterocycles. The third kappa shape index (κ3) is 2.95. The van der Waals surface area contributed by atoms with Crippen molar-refractivity contribution in [2.45, 2.75) is 36.1 Å². The van der Waals surface area contributed by atoms with Crippen LogP contribution in [-0.2, 0) is 6.42 Å². The normalized spacial score (nSPS) is 10.7. The Morgan fingerprint density at radius 1 is 1.41 bits per heavy atom. The number of nitrogens with zero attached hydrogens (tertiary/aromatic N) is 3. The van der Waals surface area contributed by atoms with Gasteiger partial charge in [-0.25, -0.2) is 15.0 Å². The Kier molecular flexibility index (Phi) is 3.96. The summed E-state index contributed by atoms with van der Waals surface area (Å²) in [6.45, 7) is 4.11. The summed E-state index contributed by atoms with van der Waals surface area (Å²) in [4.78, 5) is 12.8. The summed E-state index contributed by atoms with van der Waals surface area (Å²) < 4.78 is 0.998. The molecule has 0 aromatic carbocycles. The zero-order valence-electron chi connectivity index (χ0n) is 9.80. The maximum atomic E-state index is 5.88. The van der Waals surface area contributed by atoms with Crippen LogP contribution in [0.4, 0.5) is 5.82 Å². The van der Waals surface area contributed by atoms with Gasteiger partial charge in [-0.1, -0.05) is 13.3 Å². The highest BCUT2D eigenvalue weighted by molar-refractivity contribution is 8.01. The molecule has 0 unspecified atom stereocenters. The fourth-order valence-corrected chi connectivity index (χ4v) is 3.32. The Morgan fingerprint density at radius 2 is 2.24 bits per heavy atom. The van der Waals surface area contributed by atoms with Crippen molar-refractivity contribution in [2.24, 2.45) is 0 Å². The van der Waals surface area contributed by atoms with Crippen molar-refractivity contribution in [3.05, 3.63) is 23.0 Å². The summed E-state index contributed by atoms with van der Waals surface area (Å²) in [5, 5.41) is 2.96. The minimum atomic E-state index is 0.581. The first-order chi connectivity index (χ1) is 8.20.